The molecule has 1 heterocycles. The molecule has 1 aliphatic heterocycles. The molecule has 0 aromatic carbocycles. The number of carbonyl (C=O) groups excluding carboxylic acids is 1. The highest BCUT2D eigenvalue weighted by atomic mass is 16.4. The van der Waals surface area contributed by atoms with Crippen LogP contribution in [0.1, 0.15) is 52.4 Å². The van der Waals surface area contributed by atoms with E-state index in [-0.39, 0.29) is 24.2 Å². The van der Waals surface area contributed by atoms with E-state index in [1.807, 2.05) is 11.8 Å². The van der Waals surface area contributed by atoms with Gasteiger partial charge in [0.25, 0.3) is 0 Å². The van der Waals surface area contributed by atoms with Gasteiger partial charge in [0.15, 0.2) is 0 Å². The summed E-state index contributed by atoms with van der Waals surface area (Å²) in [5.74, 6) is -0.119. The summed E-state index contributed by atoms with van der Waals surface area (Å²) in [7, 11) is 0. The molecule has 0 bridgehead atoms. The van der Waals surface area contributed by atoms with E-state index in [1.54, 1.807) is 0 Å². The van der Waals surface area contributed by atoms with Crippen LogP contribution in [-0.2, 0) is 9.59 Å². The molecule has 0 radical (unpaired) electrons. The highest BCUT2D eigenvalue weighted by molar-refractivity contribution is 5.78. The van der Waals surface area contributed by atoms with Crippen LogP contribution in [0.15, 0.2) is 0 Å². The molecule has 1 rings (SSSR count). The van der Waals surface area contributed by atoms with Crippen molar-refractivity contribution in [3.8, 4) is 0 Å². The summed E-state index contributed by atoms with van der Waals surface area (Å²) < 4.78 is 0. The summed E-state index contributed by atoms with van der Waals surface area (Å²) >= 11 is 0. The third-order valence-electron chi connectivity index (χ3n) is 3.80. The van der Waals surface area contributed by atoms with Gasteiger partial charge in [0.2, 0.25) is 5.91 Å². The Labute approximate surface area is 109 Å². The summed E-state index contributed by atoms with van der Waals surface area (Å²) in [6.45, 7) is 5.59. The molecular formula is C14H25NO3. The van der Waals surface area contributed by atoms with Gasteiger partial charge in [-0.2, -0.15) is 0 Å². The average Bonchev–Trinajstić information content (AvgIpc) is 2.35. The van der Waals surface area contributed by atoms with Crippen LogP contribution >= 0.6 is 0 Å². The van der Waals surface area contributed by atoms with Gasteiger partial charge in [-0.3, -0.25) is 9.59 Å². The molecule has 4 nitrogen and oxygen atoms in total. The molecule has 0 spiro atoms. The highest BCUT2D eigenvalue weighted by Crippen LogP contribution is 2.22. The van der Waals surface area contributed by atoms with Gasteiger partial charge in [0, 0.05) is 25.4 Å². The molecule has 1 unspecified atom stereocenters. The van der Waals surface area contributed by atoms with Crippen molar-refractivity contribution in [3.05, 3.63) is 0 Å². The lowest BCUT2D eigenvalue weighted by Crippen LogP contribution is -2.41. The number of unbranched alkanes of at least 4 members (excludes halogenated alkanes) is 1. The zero-order chi connectivity index (χ0) is 13.5. The maximum atomic E-state index is 12.1. The van der Waals surface area contributed by atoms with Crippen LogP contribution in [-0.4, -0.2) is 35.0 Å². The van der Waals surface area contributed by atoms with Crippen molar-refractivity contribution in [2.45, 2.75) is 52.4 Å². The molecule has 4 heteroatoms. The van der Waals surface area contributed by atoms with Crippen molar-refractivity contribution in [1.29, 1.82) is 0 Å². The van der Waals surface area contributed by atoms with Gasteiger partial charge < -0.3 is 10.0 Å². The van der Waals surface area contributed by atoms with Crippen LogP contribution in [0.25, 0.3) is 0 Å². The first kappa shape index (κ1) is 15.0. The Bertz CT molecular complexity index is 283. The Morgan fingerprint density at radius 3 is 2.44 bits per heavy atom. The number of rotatable bonds is 6. The van der Waals surface area contributed by atoms with E-state index in [2.05, 4.69) is 6.92 Å². The SMILES string of the molecule is CCCCC(C)C(=O)N1CCC(CC(=O)O)CC1. The normalized spacial score (nSPS) is 18.7. The van der Waals surface area contributed by atoms with Gasteiger partial charge in [-0.05, 0) is 25.2 Å². The molecule has 1 fully saturated rings. The van der Waals surface area contributed by atoms with E-state index in [0.29, 0.717) is 0 Å². The van der Waals surface area contributed by atoms with Crippen molar-refractivity contribution in [2.75, 3.05) is 13.1 Å². The minimum absolute atomic E-state index is 0.112. The van der Waals surface area contributed by atoms with Crippen LogP contribution < -0.4 is 0 Å². The van der Waals surface area contributed by atoms with Gasteiger partial charge in [0.1, 0.15) is 0 Å². The molecule has 1 aliphatic rings. The number of amides is 1. The number of hydrogen-bond donors (Lipinski definition) is 1. The number of piperidine rings is 1. The molecule has 0 saturated carbocycles. The Balaban J connectivity index is 2.33. The Morgan fingerprint density at radius 2 is 1.94 bits per heavy atom. The van der Waals surface area contributed by atoms with Crippen molar-refractivity contribution in [3.63, 3.8) is 0 Å². The molecule has 0 aliphatic carbocycles. The van der Waals surface area contributed by atoms with Crippen molar-refractivity contribution >= 4 is 11.9 Å². The molecule has 1 amide bonds. The van der Waals surface area contributed by atoms with E-state index in [0.717, 1.165) is 45.2 Å². The minimum Gasteiger partial charge on any atom is -0.481 e. The molecule has 1 N–H and O–H groups in total. The summed E-state index contributed by atoms with van der Waals surface area (Å²) in [4.78, 5) is 24.7. The molecule has 0 aromatic rings. The zero-order valence-corrected chi connectivity index (χ0v) is 11.5. The van der Waals surface area contributed by atoms with Crippen LogP contribution in [0.3, 0.4) is 0 Å². The average molecular weight is 255 g/mol. The lowest BCUT2D eigenvalue weighted by atomic mass is 9.92. The fraction of sp³-hybridized carbons (Fsp3) is 0.857. The Morgan fingerprint density at radius 1 is 1.33 bits per heavy atom. The first-order valence-electron chi connectivity index (χ1n) is 7.05. The maximum Gasteiger partial charge on any atom is 0.303 e. The van der Waals surface area contributed by atoms with Crippen LogP contribution in [0.2, 0.25) is 0 Å². The van der Waals surface area contributed by atoms with Gasteiger partial charge in [-0.15, -0.1) is 0 Å². The number of carboxylic acids is 1. The molecule has 1 saturated heterocycles. The largest absolute Gasteiger partial charge is 0.481 e. The van der Waals surface area contributed by atoms with E-state index in [9.17, 15) is 9.59 Å². The number of likely N-dealkylation sites (tertiary alicyclic amines) is 1. The number of aliphatic carboxylic acids is 1. The van der Waals surface area contributed by atoms with E-state index in [1.165, 1.54) is 0 Å². The van der Waals surface area contributed by atoms with E-state index < -0.39 is 5.97 Å². The van der Waals surface area contributed by atoms with Crippen molar-refractivity contribution in [1.82, 2.24) is 4.90 Å². The van der Waals surface area contributed by atoms with Gasteiger partial charge in [-0.1, -0.05) is 26.7 Å². The molecular weight excluding hydrogens is 230 g/mol. The first-order chi connectivity index (χ1) is 8.54. The molecule has 0 aromatic heterocycles. The fourth-order valence-corrected chi connectivity index (χ4v) is 2.55. The number of nitrogens with zero attached hydrogens (tertiary/aromatic N) is 1. The van der Waals surface area contributed by atoms with Gasteiger partial charge >= 0.3 is 5.97 Å². The van der Waals surface area contributed by atoms with Crippen molar-refractivity contribution in [2.24, 2.45) is 11.8 Å². The summed E-state index contributed by atoms with van der Waals surface area (Å²) in [6.07, 6.45) is 5.09. The third kappa shape index (κ3) is 4.67. The highest BCUT2D eigenvalue weighted by Gasteiger charge is 2.26. The molecule has 1 atom stereocenters. The van der Waals surface area contributed by atoms with Gasteiger partial charge in [0.05, 0.1) is 0 Å². The second kappa shape index (κ2) is 7.39. The first-order valence-corrected chi connectivity index (χ1v) is 7.05. The quantitative estimate of drug-likeness (QED) is 0.793. The molecule has 104 valence electrons. The smallest absolute Gasteiger partial charge is 0.303 e. The predicted octanol–water partition coefficient (Wildman–Crippen LogP) is 2.53. The summed E-state index contributed by atoms with van der Waals surface area (Å²) in [6, 6.07) is 0. The van der Waals surface area contributed by atoms with Crippen LogP contribution in [0.5, 0.6) is 0 Å². The zero-order valence-electron chi connectivity index (χ0n) is 11.5. The Hall–Kier alpha value is -1.06. The van der Waals surface area contributed by atoms with Crippen LogP contribution in [0.4, 0.5) is 0 Å². The maximum absolute atomic E-state index is 12.1. The summed E-state index contributed by atoms with van der Waals surface area (Å²) in [5, 5.41) is 8.75. The number of carbonyl (C=O) groups is 2. The van der Waals surface area contributed by atoms with Gasteiger partial charge in [-0.25, -0.2) is 0 Å². The Kier molecular flexibility index (Phi) is 6.16. The minimum atomic E-state index is -0.726. The monoisotopic (exact) mass is 255 g/mol. The molecule has 18 heavy (non-hydrogen) atoms. The topological polar surface area (TPSA) is 57.6 Å². The summed E-state index contributed by atoms with van der Waals surface area (Å²) in [5.41, 5.74) is 0. The lowest BCUT2D eigenvalue weighted by molar-refractivity contribution is -0.139. The predicted molar refractivity (Wildman–Crippen MR) is 70.2 cm³/mol. The van der Waals surface area contributed by atoms with E-state index in [4.69, 9.17) is 5.11 Å². The third-order valence-corrected chi connectivity index (χ3v) is 3.80. The second-order valence-electron chi connectivity index (χ2n) is 5.41. The number of hydrogen-bond acceptors (Lipinski definition) is 2. The lowest BCUT2D eigenvalue weighted by Gasteiger charge is -2.33. The van der Waals surface area contributed by atoms with Crippen LogP contribution in [0, 0.1) is 11.8 Å². The second-order valence-corrected chi connectivity index (χ2v) is 5.41. The standard InChI is InChI=1S/C14H25NO3/c1-3-4-5-11(2)14(18)15-8-6-12(7-9-15)10-13(16)17/h11-12H,3-10H2,1-2H3,(H,16,17). The number of carboxylic acid groups (broad SMARTS) is 1. The fourth-order valence-electron chi connectivity index (χ4n) is 2.55. The van der Waals surface area contributed by atoms with E-state index >= 15 is 0 Å². The van der Waals surface area contributed by atoms with Crippen molar-refractivity contribution < 1.29 is 14.7 Å².